The molecule has 9 rings (SSSR count). The van der Waals surface area contributed by atoms with Gasteiger partial charge < -0.3 is 40.6 Å². The number of carbonyl (C=O) groups is 4. The average molecular weight is 1080 g/mol. The van der Waals surface area contributed by atoms with Crippen LogP contribution in [0.1, 0.15) is 68.2 Å². The lowest BCUT2D eigenvalue weighted by Crippen LogP contribution is -2.34. The van der Waals surface area contributed by atoms with Crippen molar-refractivity contribution >= 4 is 71.0 Å². The van der Waals surface area contributed by atoms with Gasteiger partial charge in [0.1, 0.15) is 41.1 Å². The predicted octanol–water partition coefficient (Wildman–Crippen LogP) is 10.6. The van der Waals surface area contributed by atoms with Crippen LogP contribution in [0.4, 0.5) is 38.5 Å². The summed E-state index contributed by atoms with van der Waals surface area (Å²) in [4.78, 5) is 61.0. The maximum absolute atomic E-state index is 14.7. The number of rotatable bonds is 11. The van der Waals surface area contributed by atoms with Crippen molar-refractivity contribution in [2.75, 3.05) is 37.1 Å². The van der Waals surface area contributed by atoms with E-state index >= 15 is 0 Å². The van der Waals surface area contributed by atoms with Crippen LogP contribution in [0.3, 0.4) is 0 Å². The molecule has 0 aliphatic carbocycles. The normalized spacial score (nSPS) is 13.9. The van der Waals surface area contributed by atoms with Crippen LogP contribution in [0, 0.1) is 23.3 Å². The number of hydrogen-bond acceptors (Lipinski definition) is 12. The molecule has 2 aliphatic heterocycles. The summed E-state index contributed by atoms with van der Waals surface area (Å²) in [5, 5.41) is 7.54. The molecule has 0 radical (unpaired) electrons. The first kappa shape index (κ1) is 55.5. The largest absolute Gasteiger partial charge is 0.492 e. The van der Waals surface area contributed by atoms with Crippen LogP contribution in [-0.2, 0) is 22.3 Å². The fourth-order valence-corrected chi connectivity index (χ4v) is 7.60. The molecule has 0 bridgehead atoms. The Hall–Kier alpha value is -7.78. The summed E-state index contributed by atoms with van der Waals surface area (Å²) in [6, 6.07) is 22.3. The third-order valence-electron chi connectivity index (χ3n) is 10.8. The number of aromatic nitrogens is 4. The minimum absolute atomic E-state index is 0. The van der Waals surface area contributed by atoms with Gasteiger partial charge in [-0.25, -0.2) is 36.7 Å². The molecule has 5 N–H and O–H groups in total. The molecule has 16 nitrogen and oxygen atoms in total. The summed E-state index contributed by atoms with van der Waals surface area (Å²) in [6.45, 7) is 0.871. The molecule has 0 saturated carbocycles. The number of fused-ring (bicyclic) bond motifs is 2. The van der Waals surface area contributed by atoms with E-state index in [1.807, 2.05) is 30.3 Å². The van der Waals surface area contributed by atoms with Gasteiger partial charge in [0.2, 0.25) is 0 Å². The highest BCUT2D eigenvalue weighted by Gasteiger charge is 2.31. The first-order valence-corrected chi connectivity index (χ1v) is 23.1. The number of ether oxygens (including phenoxy) is 4. The minimum atomic E-state index is -0.751. The molecule has 386 valence electrons. The molecule has 3 aromatic heterocycles. The topological polar surface area (TPSA) is 211 Å². The summed E-state index contributed by atoms with van der Waals surface area (Å²) in [5.74, 6) is -3.29. The molecule has 0 spiro atoms. The number of hydrogen-bond donors (Lipinski definition) is 4. The van der Waals surface area contributed by atoms with Gasteiger partial charge >= 0.3 is 12.2 Å². The summed E-state index contributed by atoms with van der Waals surface area (Å²) in [6.07, 6.45) is 8.51. The van der Waals surface area contributed by atoms with Crippen molar-refractivity contribution in [3.05, 3.63) is 195 Å². The molecule has 5 heterocycles. The van der Waals surface area contributed by atoms with Crippen molar-refractivity contribution in [2.24, 2.45) is 5.73 Å². The standard InChI is InChI=1S/C24H20ClF2N3O4.C16H13ClF2N2O2.C11H11N3O2.ClH/c25-17-13-15(4-6-18(17)26)29-23(31)16-5-7-19(27)21-20(9-12-33-22(16)21)30-24(32)34-11-8-14-3-1-2-10-28-14;17-10-7-8(1-3-11(10)18)21-16(22)9-2-4-12(19)14-13(20)5-6-23-15(9)14;15-11(14-7-6-12-9-14)16-8-4-10-3-1-2-5-13-10;/h1-7,10,13,20H,8-9,11-12H2,(H,29,31)(H,30,32);1-4,7,13H,5-6,20H2,(H,21,22);1-3,5-7,9H,4,8H2;1H/t20-;13-;;/m00../s1. The van der Waals surface area contributed by atoms with Crippen molar-refractivity contribution in [1.29, 1.82) is 0 Å². The Morgan fingerprint density at radius 3 is 1.69 bits per heavy atom. The molecule has 3 amide bonds. The number of anilines is 2. The molecular formula is C51H45Cl3F4N8O8. The maximum Gasteiger partial charge on any atom is 0.419 e. The first-order chi connectivity index (χ1) is 35.2. The van der Waals surface area contributed by atoms with E-state index in [9.17, 15) is 36.7 Å². The van der Waals surface area contributed by atoms with Gasteiger partial charge in [-0.1, -0.05) is 35.3 Å². The molecular weight excluding hydrogens is 1030 g/mol. The van der Waals surface area contributed by atoms with E-state index in [0.29, 0.717) is 38.2 Å². The smallest absolute Gasteiger partial charge is 0.419 e. The van der Waals surface area contributed by atoms with Crippen molar-refractivity contribution in [2.45, 2.75) is 37.8 Å². The van der Waals surface area contributed by atoms with Gasteiger partial charge in [-0.15, -0.1) is 12.4 Å². The number of alkyl carbamates (subject to hydrolysis) is 1. The van der Waals surface area contributed by atoms with Gasteiger partial charge in [0.25, 0.3) is 11.8 Å². The van der Waals surface area contributed by atoms with Gasteiger partial charge in [0.05, 0.1) is 59.2 Å². The lowest BCUT2D eigenvalue weighted by molar-refractivity contribution is 0.101. The SMILES string of the molecule is Cl.N[C@H]1CCOc2c(C(=O)Nc3ccc(F)c(Cl)c3)ccc(F)c21.O=C(N[C@H]1CCOc2c(C(=O)Nc3ccc(F)c(Cl)c3)ccc(F)c21)OCCc1ccccn1.O=C(OCCc1ccccn1)n1ccnc1. The maximum atomic E-state index is 14.7. The number of nitrogens with one attached hydrogen (secondary N) is 3. The summed E-state index contributed by atoms with van der Waals surface area (Å²) in [5.41, 5.74) is 8.63. The Balaban J connectivity index is 0.000000193. The lowest BCUT2D eigenvalue weighted by atomic mass is 9.96. The Morgan fingerprint density at radius 1 is 0.662 bits per heavy atom. The molecule has 4 aromatic carbocycles. The number of nitrogens with zero attached hydrogens (tertiary/aromatic N) is 4. The van der Waals surface area contributed by atoms with Crippen molar-refractivity contribution in [3.63, 3.8) is 0 Å². The number of carbonyl (C=O) groups excluding carboxylic acids is 4. The van der Waals surface area contributed by atoms with Gasteiger partial charge in [0.15, 0.2) is 0 Å². The molecule has 2 aliphatic rings. The van der Waals surface area contributed by atoms with E-state index in [0.717, 1.165) is 29.6 Å². The van der Waals surface area contributed by atoms with Crippen LogP contribution in [0.25, 0.3) is 0 Å². The highest BCUT2D eigenvalue weighted by Crippen LogP contribution is 2.38. The number of pyridine rings is 2. The van der Waals surface area contributed by atoms with E-state index in [1.165, 1.54) is 59.6 Å². The fourth-order valence-electron chi connectivity index (χ4n) is 7.24. The second kappa shape index (κ2) is 26.8. The van der Waals surface area contributed by atoms with E-state index in [1.54, 1.807) is 24.7 Å². The van der Waals surface area contributed by atoms with Crippen LogP contribution in [0.5, 0.6) is 11.5 Å². The molecule has 74 heavy (non-hydrogen) atoms. The summed E-state index contributed by atoms with van der Waals surface area (Å²) in [7, 11) is 0. The molecule has 0 fully saturated rings. The van der Waals surface area contributed by atoms with Crippen LogP contribution < -0.4 is 31.2 Å². The third-order valence-corrected chi connectivity index (χ3v) is 11.4. The average Bonchev–Trinajstić information content (AvgIpc) is 3.93. The van der Waals surface area contributed by atoms with Crippen molar-refractivity contribution < 1.29 is 55.7 Å². The summed E-state index contributed by atoms with van der Waals surface area (Å²) < 4.78 is 77.8. The summed E-state index contributed by atoms with van der Waals surface area (Å²) >= 11 is 11.4. The minimum Gasteiger partial charge on any atom is -0.492 e. The highest BCUT2D eigenvalue weighted by molar-refractivity contribution is 6.31. The van der Waals surface area contributed by atoms with E-state index < -0.39 is 59.4 Å². The van der Waals surface area contributed by atoms with Crippen LogP contribution >= 0.6 is 35.6 Å². The second-order valence-electron chi connectivity index (χ2n) is 15.8. The van der Waals surface area contributed by atoms with Gasteiger partial charge in [-0.05, 0) is 84.9 Å². The number of imidazole rings is 1. The van der Waals surface area contributed by atoms with E-state index in [4.69, 9.17) is 47.9 Å². The Labute approximate surface area is 436 Å². The van der Waals surface area contributed by atoms with E-state index in [2.05, 4.69) is 30.9 Å². The molecule has 0 unspecified atom stereocenters. The van der Waals surface area contributed by atoms with Crippen molar-refractivity contribution in [3.8, 4) is 11.5 Å². The Morgan fingerprint density at radius 2 is 1.18 bits per heavy atom. The molecule has 0 saturated heterocycles. The molecule has 23 heteroatoms. The van der Waals surface area contributed by atoms with Crippen LogP contribution in [0.15, 0.2) is 128 Å². The predicted molar refractivity (Wildman–Crippen MR) is 268 cm³/mol. The molecule has 2 atom stereocenters. The number of nitrogens with two attached hydrogens (primary N) is 1. The van der Waals surface area contributed by atoms with Crippen molar-refractivity contribution in [1.82, 2.24) is 24.8 Å². The van der Waals surface area contributed by atoms with Crippen LogP contribution in [-0.4, -0.2) is 69.9 Å². The second-order valence-corrected chi connectivity index (χ2v) is 16.6. The van der Waals surface area contributed by atoms with Crippen LogP contribution in [0.2, 0.25) is 10.0 Å². The quantitative estimate of drug-likeness (QED) is 0.0892. The lowest BCUT2D eigenvalue weighted by Gasteiger charge is -2.28. The highest BCUT2D eigenvalue weighted by atomic mass is 35.5. The first-order valence-electron chi connectivity index (χ1n) is 22.3. The monoisotopic (exact) mass is 1080 g/mol. The zero-order valence-electron chi connectivity index (χ0n) is 38.7. The number of amides is 3. The number of benzene rings is 4. The van der Waals surface area contributed by atoms with E-state index in [-0.39, 0.29) is 81.5 Å². The molecule has 7 aromatic rings. The third kappa shape index (κ3) is 14.9. The zero-order valence-corrected chi connectivity index (χ0v) is 41.1. The Bertz CT molecular complexity index is 3060. The van der Waals surface area contributed by atoms with Gasteiger partial charge in [0, 0.05) is 84.8 Å². The number of halogens is 7. The fraction of sp³-hybridized carbons (Fsp3) is 0.196. The van der Waals surface area contributed by atoms with Gasteiger partial charge in [-0.3, -0.25) is 19.6 Å². The van der Waals surface area contributed by atoms with Gasteiger partial charge in [-0.2, -0.15) is 0 Å². The Kier molecular flexibility index (Phi) is 20.1. The zero-order chi connectivity index (χ0) is 51.9.